The van der Waals surface area contributed by atoms with Crippen LogP contribution in [0, 0.1) is 0 Å². The van der Waals surface area contributed by atoms with Crippen LogP contribution >= 0.6 is 27.9 Å². The van der Waals surface area contributed by atoms with Crippen LogP contribution in [0.25, 0.3) is 0 Å². The second-order valence-corrected chi connectivity index (χ2v) is 6.77. The summed E-state index contributed by atoms with van der Waals surface area (Å²) in [7, 11) is 0. The Labute approximate surface area is 135 Å². The smallest absolute Gasteiger partial charge is 0.270 e. The third kappa shape index (κ3) is 2.48. The number of carbonyl (C=O) groups is 1. The topological polar surface area (TPSA) is 66.6 Å². The standard InChI is InChI=1S/C15H13BrN2O2S/c16-11-7-5-10(6-8-11)9-18-15(20,14(17)19)12-3-1-2-4-13(12)21-18/h1-8,20H,9H2,(H2,17,19). The van der Waals surface area contributed by atoms with Crippen molar-refractivity contribution < 1.29 is 9.90 Å². The van der Waals surface area contributed by atoms with Crippen LogP contribution in [0.4, 0.5) is 0 Å². The Morgan fingerprint density at radius 3 is 2.57 bits per heavy atom. The van der Waals surface area contributed by atoms with Crippen molar-refractivity contribution >= 4 is 33.8 Å². The molecule has 6 heteroatoms. The minimum absolute atomic E-state index is 0.409. The van der Waals surface area contributed by atoms with Gasteiger partial charge in [-0.05, 0) is 35.7 Å². The average Bonchev–Trinajstić information content (AvgIpc) is 2.76. The highest BCUT2D eigenvalue weighted by atomic mass is 79.9. The van der Waals surface area contributed by atoms with Gasteiger partial charge in [0.1, 0.15) is 0 Å². The molecule has 1 unspecified atom stereocenters. The zero-order valence-corrected chi connectivity index (χ0v) is 13.4. The van der Waals surface area contributed by atoms with Crippen molar-refractivity contribution in [3.63, 3.8) is 0 Å². The summed E-state index contributed by atoms with van der Waals surface area (Å²) in [5.41, 5.74) is 5.21. The summed E-state index contributed by atoms with van der Waals surface area (Å²) >= 11 is 4.73. The lowest BCUT2D eigenvalue weighted by atomic mass is 10.0. The van der Waals surface area contributed by atoms with E-state index >= 15 is 0 Å². The molecule has 0 radical (unpaired) electrons. The number of amides is 1. The van der Waals surface area contributed by atoms with Crippen molar-refractivity contribution in [3.8, 4) is 0 Å². The fourth-order valence-electron chi connectivity index (χ4n) is 2.31. The molecule has 3 N–H and O–H groups in total. The highest BCUT2D eigenvalue weighted by Gasteiger charge is 2.49. The Morgan fingerprint density at radius 1 is 1.24 bits per heavy atom. The van der Waals surface area contributed by atoms with Gasteiger partial charge in [0.25, 0.3) is 5.91 Å². The number of benzene rings is 2. The predicted octanol–water partition coefficient (Wildman–Crippen LogP) is 2.60. The molecule has 1 aliphatic heterocycles. The number of primary amides is 1. The van der Waals surface area contributed by atoms with Crippen molar-refractivity contribution in [3.05, 3.63) is 64.1 Å². The van der Waals surface area contributed by atoms with E-state index in [4.69, 9.17) is 5.73 Å². The number of fused-ring (bicyclic) bond motifs is 1. The normalized spacial score (nSPS) is 21.2. The lowest BCUT2D eigenvalue weighted by Gasteiger charge is -2.29. The molecule has 2 aromatic rings. The molecule has 0 fully saturated rings. The number of aliphatic hydroxyl groups is 1. The SMILES string of the molecule is NC(=O)C1(O)c2ccccc2SN1Cc1ccc(Br)cc1. The summed E-state index contributed by atoms with van der Waals surface area (Å²) in [6.07, 6.45) is 0. The summed E-state index contributed by atoms with van der Waals surface area (Å²) in [6, 6.07) is 15.0. The number of hydrogen-bond donors (Lipinski definition) is 2. The van der Waals surface area contributed by atoms with Crippen LogP contribution in [0.2, 0.25) is 0 Å². The Balaban J connectivity index is 1.96. The highest BCUT2D eigenvalue weighted by Crippen LogP contribution is 2.47. The van der Waals surface area contributed by atoms with E-state index in [9.17, 15) is 9.90 Å². The van der Waals surface area contributed by atoms with Gasteiger partial charge in [0.15, 0.2) is 0 Å². The molecule has 1 atom stereocenters. The molecule has 0 saturated carbocycles. The molecular formula is C15H13BrN2O2S. The Bertz CT molecular complexity index is 692. The first-order chi connectivity index (χ1) is 10.0. The number of nitrogens with two attached hydrogens (primary N) is 1. The van der Waals surface area contributed by atoms with Crippen LogP contribution in [0.1, 0.15) is 11.1 Å². The number of hydrogen-bond acceptors (Lipinski definition) is 4. The number of nitrogens with zero attached hydrogens (tertiary/aromatic N) is 1. The summed E-state index contributed by atoms with van der Waals surface area (Å²) in [5.74, 6) is -0.767. The van der Waals surface area contributed by atoms with Crippen molar-refractivity contribution in [2.75, 3.05) is 0 Å². The molecule has 0 bridgehead atoms. The van der Waals surface area contributed by atoms with E-state index in [-0.39, 0.29) is 0 Å². The molecule has 2 aromatic carbocycles. The van der Waals surface area contributed by atoms with Gasteiger partial charge < -0.3 is 10.8 Å². The molecule has 108 valence electrons. The third-order valence-corrected chi connectivity index (χ3v) is 5.11. The Kier molecular flexibility index (Phi) is 3.79. The summed E-state index contributed by atoms with van der Waals surface area (Å²) in [4.78, 5) is 12.7. The number of halogens is 1. The van der Waals surface area contributed by atoms with Crippen molar-refractivity contribution in [2.45, 2.75) is 17.2 Å². The van der Waals surface area contributed by atoms with E-state index in [0.717, 1.165) is 14.9 Å². The lowest BCUT2D eigenvalue weighted by Crippen LogP contribution is -2.49. The van der Waals surface area contributed by atoms with Gasteiger partial charge >= 0.3 is 0 Å². The summed E-state index contributed by atoms with van der Waals surface area (Å²) in [5, 5.41) is 10.8. The molecule has 4 nitrogen and oxygen atoms in total. The van der Waals surface area contributed by atoms with Crippen molar-refractivity contribution in [2.24, 2.45) is 5.73 Å². The molecule has 0 saturated heterocycles. The van der Waals surface area contributed by atoms with E-state index in [1.54, 1.807) is 16.4 Å². The fraction of sp³-hybridized carbons (Fsp3) is 0.133. The van der Waals surface area contributed by atoms with Gasteiger partial charge in [-0.25, -0.2) is 0 Å². The van der Waals surface area contributed by atoms with Gasteiger partial charge in [0.05, 0.1) is 0 Å². The molecule has 1 amide bonds. The molecule has 1 aliphatic rings. The first kappa shape index (κ1) is 14.6. The highest BCUT2D eigenvalue weighted by molar-refractivity contribution is 9.10. The third-order valence-electron chi connectivity index (χ3n) is 3.42. The van der Waals surface area contributed by atoms with Gasteiger partial charge in [-0.1, -0.05) is 46.3 Å². The summed E-state index contributed by atoms with van der Waals surface area (Å²) < 4.78 is 2.59. The molecular weight excluding hydrogens is 352 g/mol. The van der Waals surface area contributed by atoms with Gasteiger partial charge in [-0.15, -0.1) is 0 Å². The van der Waals surface area contributed by atoms with Crippen LogP contribution in [-0.4, -0.2) is 15.3 Å². The summed E-state index contributed by atoms with van der Waals surface area (Å²) in [6.45, 7) is 0.409. The van der Waals surface area contributed by atoms with Gasteiger partial charge in [0, 0.05) is 21.5 Å². The first-order valence-corrected chi connectivity index (χ1v) is 7.90. The molecule has 21 heavy (non-hydrogen) atoms. The van der Waals surface area contributed by atoms with Crippen molar-refractivity contribution in [1.29, 1.82) is 0 Å². The number of rotatable bonds is 3. The largest absolute Gasteiger partial charge is 0.366 e. The second kappa shape index (κ2) is 5.46. The maximum atomic E-state index is 11.9. The van der Waals surface area contributed by atoms with Crippen molar-refractivity contribution in [1.82, 2.24) is 4.31 Å². The maximum absolute atomic E-state index is 11.9. The molecule has 1 heterocycles. The van der Waals surface area contributed by atoms with E-state index in [1.807, 2.05) is 36.4 Å². The van der Waals surface area contributed by atoms with Gasteiger partial charge in [-0.3, -0.25) is 4.79 Å². The van der Waals surface area contributed by atoms with Crippen LogP contribution in [0.3, 0.4) is 0 Å². The molecule has 3 rings (SSSR count). The predicted molar refractivity (Wildman–Crippen MR) is 85.1 cm³/mol. The minimum Gasteiger partial charge on any atom is -0.366 e. The maximum Gasteiger partial charge on any atom is 0.270 e. The van der Waals surface area contributed by atoms with Crippen LogP contribution in [0.15, 0.2) is 57.9 Å². The average molecular weight is 365 g/mol. The monoisotopic (exact) mass is 364 g/mol. The minimum atomic E-state index is -1.78. The second-order valence-electron chi connectivity index (χ2n) is 4.79. The molecule has 0 spiro atoms. The number of carbonyl (C=O) groups excluding carboxylic acids is 1. The van der Waals surface area contributed by atoms with E-state index in [0.29, 0.717) is 12.1 Å². The lowest BCUT2D eigenvalue weighted by molar-refractivity contribution is -0.150. The van der Waals surface area contributed by atoms with Crippen LogP contribution in [0.5, 0.6) is 0 Å². The quantitative estimate of drug-likeness (QED) is 0.821. The molecule has 0 aromatic heterocycles. The van der Waals surface area contributed by atoms with Gasteiger partial charge in [-0.2, -0.15) is 4.31 Å². The zero-order valence-electron chi connectivity index (χ0n) is 11.0. The van der Waals surface area contributed by atoms with Gasteiger partial charge in [0.2, 0.25) is 5.72 Å². The molecule has 0 aliphatic carbocycles. The van der Waals surface area contributed by atoms with E-state index in [2.05, 4.69) is 15.9 Å². The Hall–Kier alpha value is -1.34. The van der Waals surface area contributed by atoms with Crippen LogP contribution in [-0.2, 0) is 17.1 Å². The van der Waals surface area contributed by atoms with E-state index in [1.165, 1.54) is 11.9 Å². The zero-order chi connectivity index (χ0) is 15.0. The fourth-order valence-corrected chi connectivity index (χ4v) is 3.80. The van der Waals surface area contributed by atoms with Crippen LogP contribution < -0.4 is 5.73 Å². The first-order valence-electron chi connectivity index (χ1n) is 6.33. The Morgan fingerprint density at radius 2 is 1.90 bits per heavy atom. The van der Waals surface area contributed by atoms with E-state index < -0.39 is 11.6 Å².